The summed E-state index contributed by atoms with van der Waals surface area (Å²) in [7, 11) is -0.689. The Kier molecular flexibility index (Phi) is 6.68. The summed E-state index contributed by atoms with van der Waals surface area (Å²) >= 11 is 0. The highest BCUT2D eigenvalue weighted by Crippen LogP contribution is 2.34. The lowest BCUT2D eigenvalue weighted by molar-refractivity contribution is -0.121. The topological polar surface area (TPSA) is 145 Å². The summed E-state index contributed by atoms with van der Waals surface area (Å²) in [6.07, 6.45) is 0.0156. The first-order valence-electron chi connectivity index (χ1n) is 9.49. The van der Waals surface area contributed by atoms with Crippen LogP contribution in [0, 0.1) is 0 Å². The molecule has 12 heteroatoms. The number of benzene rings is 2. The van der Waals surface area contributed by atoms with Crippen molar-refractivity contribution < 1.29 is 41.8 Å². The van der Waals surface area contributed by atoms with Crippen LogP contribution >= 0.6 is 0 Å². The lowest BCUT2D eigenvalue weighted by Crippen LogP contribution is -2.29. The van der Waals surface area contributed by atoms with E-state index >= 15 is 0 Å². The number of amides is 2. The zero-order valence-corrected chi connectivity index (χ0v) is 18.7. The Morgan fingerprint density at radius 2 is 1.42 bits per heavy atom. The van der Waals surface area contributed by atoms with Crippen LogP contribution in [0.25, 0.3) is 0 Å². The maximum Gasteiger partial charge on any atom is 0.337 e. The monoisotopic (exact) mass is 476 g/mol. The van der Waals surface area contributed by atoms with Crippen molar-refractivity contribution >= 4 is 45.2 Å². The lowest BCUT2D eigenvalue weighted by atomic mass is 10.1. The molecule has 0 saturated carbocycles. The van der Waals surface area contributed by atoms with Crippen molar-refractivity contribution in [1.82, 2.24) is 0 Å². The molecular formula is C21H20N2O9S. The van der Waals surface area contributed by atoms with Crippen LogP contribution < -0.4 is 14.4 Å². The van der Waals surface area contributed by atoms with Gasteiger partial charge in [-0.2, -0.15) is 0 Å². The van der Waals surface area contributed by atoms with E-state index in [0.717, 1.165) is 25.2 Å². The second-order valence-corrected chi connectivity index (χ2v) is 8.53. The Hall–Kier alpha value is -3.93. The first kappa shape index (κ1) is 23.7. The highest BCUT2D eigenvalue weighted by molar-refractivity contribution is 7.92. The third-order valence-electron chi connectivity index (χ3n) is 4.78. The highest BCUT2D eigenvalue weighted by Gasteiger charge is 2.33. The molecule has 0 radical (unpaired) electrons. The van der Waals surface area contributed by atoms with Gasteiger partial charge in [0, 0.05) is 12.8 Å². The van der Waals surface area contributed by atoms with E-state index in [0.29, 0.717) is 0 Å². The molecule has 3 rings (SSSR count). The van der Waals surface area contributed by atoms with Crippen LogP contribution in [0.2, 0.25) is 0 Å². The number of anilines is 2. The van der Waals surface area contributed by atoms with E-state index in [1.807, 2.05) is 0 Å². The Morgan fingerprint density at radius 3 is 1.91 bits per heavy atom. The molecule has 1 N–H and O–H groups in total. The first-order chi connectivity index (χ1) is 15.6. The van der Waals surface area contributed by atoms with Crippen molar-refractivity contribution in [3.05, 3.63) is 47.5 Å². The van der Waals surface area contributed by atoms with Gasteiger partial charge in [0.1, 0.15) is 5.75 Å². The van der Waals surface area contributed by atoms with Crippen LogP contribution in [0.1, 0.15) is 33.6 Å². The van der Waals surface area contributed by atoms with E-state index in [9.17, 15) is 27.6 Å². The van der Waals surface area contributed by atoms with E-state index in [4.69, 9.17) is 4.74 Å². The van der Waals surface area contributed by atoms with Crippen LogP contribution in [0.3, 0.4) is 0 Å². The van der Waals surface area contributed by atoms with Crippen molar-refractivity contribution in [1.29, 1.82) is 0 Å². The summed E-state index contributed by atoms with van der Waals surface area (Å²) in [5.41, 5.74) is -0.279. The van der Waals surface area contributed by atoms with Gasteiger partial charge in [-0.3, -0.25) is 14.3 Å². The van der Waals surface area contributed by atoms with Crippen molar-refractivity contribution in [3.8, 4) is 5.75 Å². The summed E-state index contributed by atoms with van der Waals surface area (Å²) in [4.78, 5) is 48.8. The van der Waals surface area contributed by atoms with Gasteiger partial charge in [-0.05, 0) is 36.4 Å². The quantitative estimate of drug-likeness (QED) is 0.466. The molecule has 0 spiro atoms. The van der Waals surface area contributed by atoms with Crippen LogP contribution in [0.4, 0.5) is 11.4 Å². The fraction of sp³-hybridized carbons (Fsp3) is 0.238. The van der Waals surface area contributed by atoms with Crippen LogP contribution in [0.15, 0.2) is 41.3 Å². The summed E-state index contributed by atoms with van der Waals surface area (Å²) in [5, 5.41) is 0. The van der Waals surface area contributed by atoms with Crippen molar-refractivity contribution in [2.75, 3.05) is 31.0 Å². The molecule has 2 amide bonds. The van der Waals surface area contributed by atoms with Crippen molar-refractivity contribution in [3.63, 3.8) is 0 Å². The number of nitrogens with zero attached hydrogens (tertiary/aromatic N) is 1. The number of esters is 2. The minimum absolute atomic E-state index is 0.00778. The van der Waals surface area contributed by atoms with E-state index in [2.05, 4.69) is 14.2 Å². The lowest BCUT2D eigenvalue weighted by Gasteiger charge is -2.19. The van der Waals surface area contributed by atoms with E-state index in [1.54, 1.807) is 0 Å². The third kappa shape index (κ3) is 4.80. The maximum absolute atomic E-state index is 13.1. The zero-order chi connectivity index (χ0) is 24.3. The number of imide groups is 1. The van der Waals surface area contributed by atoms with Gasteiger partial charge in [0.25, 0.3) is 10.0 Å². The van der Waals surface area contributed by atoms with Gasteiger partial charge in [-0.25, -0.2) is 22.9 Å². The number of carbonyl (C=O) groups is 4. The predicted octanol–water partition coefficient (Wildman–Crippen LogP) is 1.72. The van der Waals surface area contributed by atoms with Gasteiger partial charge in [0.05, 0.1) is 48.7 Å². The number of sulfonamides is 1. The van der Waals surface area contributed by atoms with Gasteiger partial charge >= 0.3 is 11.9 Å². The van der Waals surface area contributed by atoms with Gasteiger partial charge in [0.15, 0.2) is 0 Å². The molecule has 2 aromatic carbocycles. The SMILES string of the molecule is COC(=O)c1cc(NS(=O)(=O)c2ccc(OC)c(N3C(=O)CCC3=O)c2)cc(C(=O)OC)c1. The second-order valence-electron chi connectivity index (χ2n) is 6.84. The molecule has 0 aliphatic carbocycles. The van der Waals surface area contributed by atoms with E-state index in [-0.39, 0.29) is 46.0 Å². The highest BCUT2D eigenvalue weighted by atomic mass is 32.2. The van der Waals surface area contributed by atoms with Gasteiger partial charge in [0.2, 0.25) is 11.8 Å². The molecule has 0 atom stereocenters. The molecular weight excluding hydrogens is 456 g/mol. The second kappa shape index (κ2) is 9.28. The minimum Gasteiger partial charge on any atom is -0.495 e. The van der Waals surface area contributed by atoms with Gasteiger partial charge in [-0.15, -0.1) is 0 Å². The first-order valence-corrected chi connectivity index (χ1v) is 11.0. The van der Waals surface area contributed by atoms with Crippen LogP contribution in [-0.2, 0) is 29.1 Å². The molecule has 33 heavy (non-hydrogen) atoms. The Morgan fingerprint density at radius 1 is 0.879 bits per heavy atom. The molecule has 2 aromatic rings. The summed E-state index contributed by atoms with van der Waals surface area (Å²) in [5.74, 6) is -2.40. The number of ether oxygens (including phenoxy) is 3. The molecule has 11 nitrogen and oxygen atoms in total. The number of methoxy groups -OCH3 is 3. The Labute approximate surface area is 189 Å². The number of rotatable bonds is 7. The van der Waals surface area contributed by atoms with Gasteiger partial charge in [-0.1, -0.05) is 0 Å². The maximum atomic E-state index is 13.1. The average molecular weight is 476 g/mol. The normalized spacial score (nSPS) is 13.6. The van der Waals surface area contributed by atoms with E-state index < -0.39 is 33.8 Å². The molecule has 0 aromatic heterocycles. The molecule has 1 fully saturated rings. The summed E-state index contributed by atoms with van der Waals surface area (Å²) in [6, 6.07) is 7.25. The Balaban J connectivity index is 2.04. The zero-order valence-electron chi connectivity index (χ0n) is 17.9. The summed E-state index contributed by atoms with van der Waals surface area (Å²) < 4.78 is 42.9. The van der Waals surface area contributed by atoms with Crippen molar-refractivity contribution in [2.45, 2.75) is 17.7 Å². The molecule has 1 aliphatic rings. The molecule has 174 valence electrons. The molecule has 1 heterocycles. The average Bonchev–Trinajstić information content (AvgIpc) is 3.14. The molecule has 1 saturated heterocycles. The number of hydrogen-bond acceptors (Lipinski definition) is 9. The number of carbonyl (C=O) groups excluding carboxylic acids is 4. The number of nitrogens with one attached hydrogen (secondary N) is 1. The summed E-state index contributed by atoms with van der Waals surface area (Å²) in [6.45, 7) is 0. The predicted molar refractivity (Wildman–Crippen MR) is 115 cm³/mol. The van der Waals surface area contributed by atoms with Crippen LogP contribution in [0.5, 0.6) is 5.75 Å². The van der Waals surface area contributed by atoms with Crippen LogP contribution in [-0.4, -0.2) is 53.5 Å². The smallest absolute Gasteiger partial charge is 0.337 e. The molecule has 1 aliphatic heterocycles. The number of hydrogen-bond donors (Lipinski definition) is 1. The van der Waals surface area contributed by atoms with Gasteiger partial charge < -0.3 is 14.2 Å². The fourth-order valence-corrected chi connectivity index (χ4v) is 4.29. The van der Waals surface area contributed by atoms with E-state index in [1.165, 1.54) is 37.4 Å². The largest absolute Gasteiger partial charge is 0.495 e. The molecule has 0 unspecified atom stereocenters. The Bertz CT molecular complexity index is 1200. The van der Waals surface area contributed by atoms with Crippen molar-refractivity contribution in [2.24, 2.45) is 0 Å². The third-order valence-corrected chi connectivity index (χ3v) is 6.16. The fourth-order valence-electron chi connectivity index (χ4n) is 3.23. The molecule has 0 bridgehead atoms. The standard InChI is InChI=1S/C21H20N2O9S/c1-30-17-5-4-15(11-16(17)23-18(24)6-7-19(23)25)33(28,29)22-14-9-12(20(26)31-2)8-13(10-14)21(27)32-3/h4-5,8-11,22H,6-7H2,1-3H3. The minimum atomic E-state index is -4.28.